The quantitative estimate of drug-likeness (QED) is 0.830. The van der Waals surface area contributed by atoms with Crippen LogP contribution in [0.5, 0.6) is 5.75 Å². The fourth-order valence-corrected chi connectivity index (χ4v) is 1.97. The van der Waals surface area contributed by atoms with Gasteiger partial charge in [0.1, 0.15) is 6.04 Å². The summed E-state index contributed by atoms with van der Waals surface area (Å²) in [6.07, 6.45) is 0. The number of carbonyl (C=O) groups excluding carboxylic acids is 1. The van der Waals surface area contributed by atoms with Gasteiger partial charge in [0.2, 0.25) is 0 Å². The molecule has 0 aliphatic heterocycles. The van der Waals surface area contributed by atoms with Crippen LogP contribution in [-0.4, -0.2) is 18.2 Å². The van der Waals surface area contributed by atoms with Crippen LogP contribution in [0.4, 0.5) is 4.39 Å². The first-order chi connectivity index (χ1) is 10.1. The lowest BCUT2D eigenvalue weighted by molar-refractivity contribution is -0.143. The largest absolute Gasteiger partial charge is 0.505 e. The van der Waals surface area contributed by atoms with Gasteiger partial charge >= 0.3 is 5.97 Å². The van der Waals surface area contributed by atoms with Gasteiger partial charge in [-0.05, 0) is 23.3 Å². The Morgan fingerprint density at radius 1 is 1.29 bits per heavy atom. The van der Waals surface area contributed by atoms with E-state index in [-0.39, 0.29) is 0 Å². The first-order valence-electron chi connectivity index (χ1n) is 6.45. The predicted octanol–water partition coefficient (Wildman–Crippen LogP) is 2.54. The fourth-order valence-electron chi connectivity index (χ4n) is 1.97. The summed E-state index contributed by atoms with van der Waals surface area (Å²) in [5.41, 5.74) is 1.39. The molecule has 1 unspecified atom stereocenters. The number of esters is 1. The molecule has 110 valence electrons. The van der Waals surface area contributed by atoms with Crippen molar-refractivity contribution in [1.82, 2.24) is 5.32 Å². The number of carbonyl (C=O) groups is 1. The van der Waals surface area contributed by atoms with Crippen molar-refractivity contribution in [3.63, 3.8) is 0 Å². The number of aromatic hydroxyl groups is 1. The zero-order chi connectivity index (χ0) is 15.2. The van der Waals surface area contributed by atoms with Crippen molar-refractivity contribution in [3.8, 4) is 5.75 Å². The summed E-state index contributed by atoms with van der Waals surface area (Å²) in [5, 5.41) is 12.2. The molecule has 4 nitrogen and oxygen atoms in total. The molecule has 2 N–H and O–H groups in total. The molecule has 0 bridgehead atoms. The van der Waals surface area contributed by atoms with Gasteiger partial charge in [-0.1, -0.05) is 36.4 Å². The second kappa shape index (κ2) is 6.85. The fraction of sp³-hybridized carbons (Fsp3) is 0.188. The molecule has 0 aliphatic rings. The van der Waals surface area contributed by atoms with Crippen LogP contribution in [-0.2, 0) is 16.1 Å². The second-order valence-electron chi connectivity index (χ2n) is 4.53. The number of hydrogen-bond acceptors (Lipinski definition) is 4. The highest BCUT2D eigenvalue weighted by Crippen LogP contribution is 2.22. The Kier molecular flexibility index (Phi) is 4.90. The Hall–Kier alpha value is -2.40. The van der Waals surface area contributed by atoms with E-state index in [0.717, 1.165) is 11.6 Å². The van der Waals surface area contributed by atoms with E-state index in [1.807, 2.05) is 30.3 Å². The summed E-state index contributed by atoms with van der Waals surface area (Å²) in [7, 11) is 1.27. The zero-order valence-corrected chi connectivity index (χ0v) is 11.5. The zero-order valence-electron chi connectivity index (χ0n) is 11.5. The molecule has 2 aromatic rings. The third-order valence-electron chi connectivity index (χ3n) is 3.10. The number of phenols is 1. The van der Waals surface area contributed by atoms with Gasteiger partial charge < -0.3 is 9.84 Å². The number of phenolic OH excluding ortho intramolecular Hbond substituents is 1. The lowest BCUT2D eigenvalue weighted by Gasteiger charge is -2.17. The van der Waals surface area contributed by atoms with Crippen molar-refractivity contribution < 1.29 is 19.0 Å². The molecule has 0 aromatic heterocycles. The molecular weight excluding hydrogens is 273 g/mol. The van der Waals surface area contributed by atoms with Crippen molar-refractivity contribution in [2.75, 3.05) is 7.11 Å². The van der Waals surface area contributed by atoms with Crippen LogP contribution >= 0.6 is 0 Å². The van der Waals surface area contributed by atoms with Crippen molar-refractivity contribution >= 4 is 5.97 Å². The maximum absolute atomic E-state index is 13.4. The smallest absolute Gasteiger partial charge is 0.327 e. The van der Waals surface area contributed by atoms with Crippen molar-refractivity contribution in [3.05, 3.63) is 65.5 Å². The van der Waals surface area contributed by atoms with E-state index in [9.17, 15) is 14.3 Å². The summed E-state index contributed by atoms with van der Waals surface area (Å²) in [5.74, 6) is -1.75. The van der Waals surface area contributed by atoms with Crippen molar-refractivity contribution in [2.45, 2.75) is 12.6 Å². The molecule has 0 aliphatic carbocycles. The van der Waals surface area contributed by atoms with Gasteiger partial charge in [-0.25, -0.2) is 9.18 Å². The standard InChI is InChI=1S/C16H16FNO3/c1-21-16(20)15(12-7-8-14(19)13(17)9-12)18-10-11-5-3-2-4-6-11/h2-9,15,18-19H,10H2,1H3. The number of hydrogen-bond donors (Lipinski definition) is 2. The highest BCUT2D eigenvalue weighted by Gasteiger charge is 2.22. The molecule has 0 fully saturated rings. The van der Waals surface area contributed by atoms with Gasteiger partial charge in [0.15, 0.2) is 11.6 Å². The minimum atomic E-state index is -0.801. The van der Waals surface area contributed by atoms with Crippen molar-refractivity contribution in [2.24, 2.45) is 0 Å². The SMILES string of the molecule is COC(=O)C(NCc1ccccc1)c1ccc(O)c(F)c1. The van der Waals surface area contributed by atoms with E-state index in [1.54, 1.807) is 0 Å². The number of ether oxygens (including phenoxy) is 1. The van der Waals surface area contributed by atoms with E-state index in [2.05, 4.69) is 5.32 Å². The summed E-state index contributed by atoms with van der Waals surface area (Å²) >= 11 is 0. The summed E-state index contributed by atoms with van der Waals surface area (Å²) in [6.45, 7) is 0.434. The lowest BCUT2D eigenvalue weighted by atomic mass is 10.1. The van der Waals surface area contributed by atoms with Crippen LogP contribution < -0.4 is 5.32 Å². The third-order valence-corrected chi connectivity index (χ3v) is 3.10. The Balaban J connectivity index is 2.18. The van der Waals surface area contributed by atoms with Crippen LogP contribution in [0.3, 0.4) is 0 Å². The molecular formula is C16H16FNO3. The van der Waals surface area contributed by atoms with Gasteiger partial charge in [0.25, 0.3) is 0 Å². The molecule has 0 radical (unpaired) electrons. The minimum Gasteiger partial charge on any atom is -0.505 e. The molecule has 0 saturated heterocycles. The molecule has 0 saturated carbocycles. The Morgan fingerprint density at radius 3 is 2.62 bits per heavy atom. The number of halogens is 1. The molecule has 0 heterocycles. The molecule has 1 atom stereocenters. The van der Waals surface area contributed by atoms with Gasteiger partial charge in [-0.3, -0.25) is 5.32 Å². The van der Waals surface area contributed by atoms with Gasteiger partial charge in [-0.2, -0.15) is 0 Å². The molecule has 2 aromatic carbocycles. The van der Waals surface area contributed by atoms with Crippen LogP contribution in [0.1, 0.15) is 17.2 Å². The highest BCUT2D eigenvalue weighted by atomic mass is 19.1. The molecule has 0 amide bonds. The van der Waals surface area contributed by atoms with E-state index in [0.29, 0.717) is 12.1 Å². The molecule has 5 heteroatoms. The van der Waals surface area contributed by atoms with Gasteiger partial charge in [0, 0.05) is 6.54 Å². The topological polar surface area (TPSA) is 58.6 Å². The Bertz CT molecular complexity index is 616. The first kappa shape index (κ1) is 15.0. The monoisotopic (exact) mass is 289 g/mol. The Morgan fingerprint density at radius 2 is 2.00 bits per heavy atom. The first-order valence-corrected chi connectivity index (χ1v) is 6.45. The summed E-state index contributed by atoms with van der Waals surface area (Å²) in [6, 6.07) is 12.5. The van der Waals surface area contributed by atoms with E-state index in [4.69, 9.17) is 4.74 Å². The normalized spacial score (nSPS) is 11.9. The van der Waals surface area contributed by atoms with E-state index >= 15 is 0 Å². The van der Waals surface area contributed by atoms with Crippen LogP contribution in [0.15, 0.2) is 48.5 Å². The highest BCUT2D eigenvalue weighted by molar-refractivity contribution is 5.77. The Labute approximate surface area is 122 Å². The number of benzene rings is 2. The average molecular weight is 289 g/mol. The molecule has 2 rings (SSSR count). The van der Waals surface area contributed by atoms with Crippen molar-refractivity contribution in [1.29, 1.82) is 0 Å². The van der Waals surface area contributed by atoms with E-state index < -0.39 is 23.6 Å². The summed E-state index contributed by atoms with van der Waals surface area (Å²) in [4.78, 5) is 11.9. The van der Waals surface area contributed by atoms with Gasteiger partial charge in [-0.15, -0.1) is 0 Å². The average Bonchev–Trinajstić information content (AvgIpc) is 2.51. The summed E-state index contributed by atoms with van der Waals surface area (Å²) < 4.78 is 18.2. The second-order valence-corrected chi connectivity index (χ2v) is 4.53. The van der Waals surface area contributed by atoms with Gasteiger partial charge in [0.05, 0.1) is 7.11 Å². The lowest BCUT2D eigenvalue weighted by Crippen LogP contribution is -2.29. The van der Waals surface area contributed by atoms with Crippen LogP contribution in [0.25, 0.3) is 0 Å². The van der Waals surface area contributed by atoms with Crippen LogP contribution in [0, 0.1) is 5.82 Å². The number of rotatable bonds is 5. The maximum atomic E-state index is 13.4. The maximum Gasteiger partial charge on any atom is 0.327 e. The minimum absolute atomic E-state index is 0.396. The van der Waals surface area contributed by atoms with E-state index in [1.165, 1.54) is 19.2 Å². The third kappa shape index (κ3) is 3.79. The number of methoxy groups -OCH3 is 1. The van der Waals surface area contributed by atoms with Crippen LogP contribution in [0.2, 0.25) is 0 Å². The molecule has 0 spiro atoms. The predicted molar refractivity (Wildman–Crippen MR) is 76.1 cm³/mol. The molecule has 21 heavy (non-hydrogen) atoms. The number of nitrogens with one attached hydrogen (secondary N) is 1.